The third-order valence-corrected chi connectivity index (χ3v) is 5.67. The molecular weight excluding hydrogens is 523 g/mol. The predicted octanol–water partition coefficient (Wildman–Crippen LogP) is 6.03. The number of nitrogens with two attached hydrogens (primary N) is 1. The van der Waals surface area contributed by atoms with Gasteiger partial charge in [-0.3, -0.25) is 15.2 Å². The third-order valence-electron chi connectivity index (χ3n) is 5.34. The summed E-state index contributed by atoms with van der Waals surface area (Å²) in [7, 11) is 1.54. The minimum atomic E-state index is -4.72. The Labute approximate surface area is 220 Å². The molecule has 0 atom stereocenters. The van der Waals surface area contributed by atoms with Gasteiger partial charge >= 0.3 is 6.18 Å². The van der Waals surface area contributed by atoms with E-state index in [1.807, 2.05) is 0 Å². The smallest absolute Gasteiger partial charge is 0.433 e. The van der Waals surface area contributed by atoms with Crippen LogP contribution in [0.3, 0.4) is 0 Å². The first-order chi connectivity index (χ1) is 18.1. The van der Waals surface area contributed by atoms with Crippen molar-refractivity contribution in [2.75, 3.05) is 18.6 Å². The van der Waals surface area contributed by atoms with Crippen molar-refractivity contribution in [3.63, 3.8) is 0 Å². The van der Waals surface area contributed by atoms with Crippen LogP contribution in [0, 0.1) is 16.7 Å². The second-order valence-corrected chi connectivity index (χ2v) is 8.27. The van der Waals surface area contributed by atoms with Crippen LogP contribution in [0.15, 0.2) is 65.1 Å². The second kappa shape index (κ2) is 12.2. The zero-order valence-electron chi connectivity index (χ0n) is 20.0. The average Bonchev–Trinajstić information content (AvgIpc) is 2.90. The van der Waals surface area contributed by atoms with E-state index in [0.29, 0.717) is 30.3 Å². The standard InChI is InChI=1S/C25H21ClF3N7O2/c1-36(20-5-2-3-6-21(20)38-10-4-7-23(31)34-35-32)24(37)15-8-9-19(26)17(11-15)18-14-33-22(25(27,28)29)12-16(18)13-30/h2-3,5-6,8-9,11-12,14H,4,7,10H2,1H3,(H3,31,32,34). The Morgan fingerprint density at radius 1 is 1.24 bits per heavy atom. The molecule has 0 aliphatic carbocycles. The van der Waals surface area contributed by atoms with Crippen molar-refractivity contribution >= 4 is 29.0 Å². The Kier molecular flexibility index (Phi) is 8.98. The van der Waals surface area contributed by atoms with Gasteiger partial charge in [0.2, 0.25) is 0 Å². The molecule has 1 amide bonds. The molecule has 9 nitrogen and oxygen atoms in total. The number of nitriles is 1. The van der Waals surface area contributed by atoms with Gasteiger partial charge in [0, 0.05) is 41.4 Å². The first-order valence-electron chi connectivity index (χ1n) is 11.0. The van der Waals surface area contributed by atoms with E-state index in [9.17, 15) is 23.2 Å². The number of hydrogen-bond donors (Lipinski definition) is 2. The molecule has 0 fully saturated rings. The lowest BCUT2D eigenvalue weighted by atomic mass is 9.99. The van der Waals surface area contributed by atoms with E-state index >= 15 is 0 Å². The topological polar surface area (TPSA) is 141 Å². The number of para-hydroxylation sites is 2. The molecule has 0 aliphatic rings. The normalized spacial score (nSPS) is 11.3. The van der Waals surface area contributed by atoms with Gasteiger partial charge in [-0.15, -0.1) is 5.11 Å². The Morgan fingerprint density at radius 2 is 1.97 bits per heavy atom. The highest BCUT2D eigenvalue weighted by Crippen LogP contribution is 2.35. The SMILES string of the molecule is CN(C(=O)c1ccc(Cl)c(-c2cnc(C(F)(F)F)cc2C#N)c1)c1ccccc1OCCCC(=N)N=NN. The number of carbonyl (C=O) groups excluding carboxylic acids is 1. The van der Waals surface area contributed by atoms with E-state index in [0.717, 1.165) is 6.20 Å². The van der Waals surface area contributed by atoms with Crippen LogP contribution in [0.5, 0.6) is 5.75 Å². The number of amidine groups is 1. The summed E-state index contributed by atoms with van der Waals surface area (Å²) in [4.78, 5) is 18.1. The highest BCUT2D eigenvalue weighted by molar-refractivity contribution is 6.33. The van der Waals surface area contributed by atoms with Crippen LogP contribution in [-0.2, 0) is 6.18 Å². The van der Waals surface area contributed by atoms with Crippen LogP contribution < -0.4 is 15.5 Å². The first kappa shape index (κ1) is 28.1. The van der Waals surface area contributed by atoms with Crippen molar-refractivity contribution in [3.8, 4) is 22.9 Å². The number of amides is 1. The zero-order chi connectivity index (χ0) is 27.9. The number of anilines is 1. The van der Waals surface area contributed by atoms with Crippen LogP contribution in [0.2, 0.25) is 5.02 Å². The molecule has 2 aromatic carbocycles. The van der Waals surface area contributed by atoms with E-state index in [-0.39, 0.29) is 39.7 Å². The summed E-state index contributed by atoms with van der Waals surface area (Å²) in [6.45, 7) is 0.241. The number of aromatic nitrogens is 1. The van der Waals surface area contributed by atoms with Crippen molar-refractivity contribution in [1.82, 2.24) is 4.98 Å². The number of rotatable bonds is 8. The first-order valence-corrected chi connectivity index (χ1v) is 11.4. The summed E-state index contributed by atoms with van der Waals surface area (Å²) < 4.78 is 45.0. The average molecular weight is 544 g/mol. The lowest BCUT2D eigenvalue weighted by Crippen LogP contribution is -2.26. The van der Waals surface area contributed by atoms with Crippen LogP contribution in [-0.4, -0.2) is 30.4 Å². The molecule has 3 rings (SSSR count). The largest absolute Gasteiger partial charge is 0.491 e. The Balaban J connectivity index is 1.86. The van der Waals surface area contributed by atoms with Crippen LogP contribution >= 0.6 is 11.6 Å². The summed E-state index contributed by atoms with van der Waals surface area (Å²) >= 11 is 6.29. The fourth-order valence-corrected chi connectivity index (χ4v) is 3.70. The minimum absolute atomic E-state index is 0.0121. The fourth-order valence-electron chi connectivity index (χ4n) is 3.48. The maximum atomic E-state index is 13.4. The molecule has 1 aromatic heterocycles. The molecule has 196 valence electrons. The van der Waals surface area contributed by atoms with Crippen molar-refractivity contribution in [3.05, 3.63) is 76.6 Å². The molecule has 1 heterocycles. The molecule has 0 radical (unpaired) electrons. The Bertz CT molecular complexity index is 1420. The number of carbonyl (C=O) groups is 1. The molecule has 3 aromatic rings. The van der Waals surface area contributed by atoms with Crippen LogP contribution in [0.1, 0.15) is 34.5 Å². The maximum absolute atomic E-state index is 13.4. The van der Waals surface area contributed by atoms with E-state index < -0.39 is 17.8 Å². The van der Waals surface area contributed by atoms with Gasteiger partial charge in [0.1, 0.15) is 17.3 Å². The van der Waals surface area contributed by atoms with Gasteiger partial charge < -0.3 is 15.5 Å². The van der Waals surface area contributed by atoms with Gasteiger partial charge in [-0.05, 0) is 42.8 Å². The number of ether oxygens (including phenoxy) is 1. The lowest BCUT2D eigenvalue weighted by molar-refractivity contribution is -0.141. The number of alkyl halides is 3. The number of hydrogen-bond acceptors (Lipinski definition) is 6. The number of pyridine rings is 1. The summed E-state index contributed by atoms with van der Waals surface area (Å²) in [5.41, 5.74) is -0.618. The second-order valence-electron chi connectivity index (χ2n) is 7.87. The molecule has 3 N–H and O–H groups in total. The molecule has 13 heteroatoms. The van der Waals surface area contributed by atoms with Gasteiger partial charge in [-0.1, -0.05) is 29.0 Å². The van der Waals surface area contributed by atoms with E-state index in [1.165, 1.54) is 30.1 Å². The molecular formula is C25H21ClF3N7O2. The quantitative estimate of drug-likeness (QED) is 0.0890. The number of nitrogens with one attached hydrogen (secondary N) is 1. The van der Waals surface area contributed by atoms with Gasteiger partial charge in [0.25, 0.3) is 5.91 Å². The molecule has 0 saturated carbocycles. The molecule has 0 unspecified atom stereocenters. The zero-order valence-corrected chi connectivity index (χ0v) is 20.7. The number of nitrogens with zero attached hydrogens (tertiary/aromatic N) is 5. The highest BCUT2D eigenvalue weighted by Gasteiger charge is 2.33. The van der Waals surface area contributed by atoms with Gasteiger partial charge in [0.15, 0.2) is 0 Å². The van der Waals surface area contributed by atoms with E-state index in [4.69, 9.17) is 27.6 Å². The Hall–Kier alpha value is -4.50. The summed E-state index contributed by atoms with van der Waals surface area (Å²) in [5, 5.41) is 23.6. The number of halogens is 4. The molecule has 0 saturated heterocycles. The molecule has 38 heavy (non-hydrogen) atoms. The van der Waals surface area contributed by atoms with Crippen molar-refractivity contribution in [1.29, 1.82) is 10.7 Å². The molecule has 0 aliphatic heterocycles. The van der Waals surface area contributed by atoms with Gasteiger partial charge in [-0.2, -0.15) is 18.4 Å². The summed E-state index contributed by atoms with van der Waals surface area (Å²) in [6.07, 6.45) is -3.04. The molecule has 0 spiro atoms. The highest BCUT2D eigenvalue weighted by atomic mass is 35.5. The fraction of sp³-hybridized carbons (Fsp3) is 0.200. The molecule has 0 bridgehead atoms. The van der Waals surface area contributed by atoms with Gasteiger partial charge in [-0.25, -0.2) is 0 Å². The Morgan fingerprint density at radius 3 is 2.66 bits per heavy atom. The van der Waals surface area contributed by atoms with E-state index in [1.54, 1.807) is 30.3 Å². The summed E-state index contributed by atoms with van der Waals surface area (Å²) in [6, 6.07) is 13.5. The maximum Gasteiger partial charge on any atom is 0.433 e. The lowest BCUT2D eigenvalue weighted by Gasteiger charge is -2.21. The van der Waals surface area contributed by atoms with Gasteiger partial charge in [0.05, 0.1) is 23.9 Å². The van der Waals surface area contributed by atoms with E-state index in [2.05, 4.69) is 15.3 Å². The van der Waals surface area contributed by atoms with Crippen LogP contribution in [0.25, 0.3) is 11.1 Å². The monoisotopic (exact) mass is 543 g/mol. The van der Waals surface area contributed by atoms with Crippen molar-refractivity contribution in [2.45, 2.75) is 19.0 Å². The van der Waals surface area contributed by atoms with Crippen molar-refractivity contribution in [2.24, 2.45) is 16.2 Å². The van der Waals surface area contributed by atoms with Crippen LogP contribution in [0.4, 0.5) is 18.9 Å². The minimum Gasteiger partial charge on any atom is -0.491 e. The summed E-state index contributed by atoms with van der Waals surface area (Å²) in [5.74, 6) is 4.90. The third kappa shape index (κ3) is 6.63. The number of benzene rings is 2. The predicted molar refractivity (Wildman–Crippen MR) is 135 cm³/mol. The van der Waals surface area contributed by atoms with Crippen molar-refractivity contribution < 1.29 is 22.7 Å².